The smallest absolute Gasteiger partial charge is 0.345 e. The van der Waals surface area contributed by atoms with Crippen LogP contribution in [0.3, 0.4) is 0 Å². The van der Waals surface area contributed by atoms with Gasteiger partial charge in [-0.2, -0.15) is 5.10 Å². The molecule has 5 nitrogen and oxygen atoms in total. The minimum absolute atomic E-state index is 0.0390. The average Bonchev–Trinajstić information content (AvgIpc) is 2.95. The molecule has 1 heterocycles. The van der Waals surface area contributed by atoms with E-state index in [2.05, 4.69) is 5.10 Å². The molecule has 2 unspecified atom stereocenters. The first-order valence-corrected chi connectivity index (χ1v) is 7.34. The molecular formula is C14H23N3O2. The highest BCUT2D eigenvalue weighted by Crippen LogP contribution is 2.54. The Hall–Kier alpha value is -1.10. The summed E-state index contributed by atoms with van der Waals surface area (Å²) in [4.78, 5) is 12.3. The van der Waals surface area contributed by atoms with E-state index in [1.54, 1.807) is 16.3 Å². The number of hydrogen-bond acceptors (Lipinski definition) is 3. The fraction of sp³-hybridized carbons (Fsp3) is 0.857. The van der Waals surface area contributed by atoms with Crippen LogP contribution in [-0.4, -0.2) is 25.6 Å². The molecule has 1 aromatic rings. The molecule has 5 heteroatoms. The van der Waals surface area contributed by atoms with E-state index < -0.39 is 0 Å². The van der Waals surface area contributed by atoms with Crippen molar-refractivity contribution >= 4 is 0 Å². The van der Waals surface area contributed by atoms with Crippen LogP contribution in [0.1, 0.15) is 56.8 Å². The minimum Gasteiger partial charge on any atom is -0.393 e. The number of aromatic nitrogens is 3. The van der Waals surface area contributed by atoms with E-state index in [-0.39, 0.29) is 23.3 Å². The van der Waals surface area contributed by atoms with Gasteiger partial charge in [0, 0.05) is 7.05 Å². The van der Waals surface area contributed by atoms with Crippen molar-refractivity contribution in [3.05, 3.63) is 16.3 Å². The van der Waals surface area contributed by atoms with Gasteiger partial charge in [-0.25, -0.2) is 9.48 Å². The van der Waals surface area contributed by atoms with Crippen molar-refractivity contribution in [1.29, 1.82) is 0 Å². The summed E-state index contributed by atoms with van der Waals surface area (Å²) >= 11 is 0. The Morgan fingerprint density at radius 1 is 1.32 bits per heavy atom. The number of aliphatic hydroxyl groups is 1. The molecule has 0 bridgehead atoms. The zero-order valence-electron chi connectivity index (χ0n) is 11.8. The number of rotatable bonds is 1. The monoisotopic (exact) mass is 265 g/mol. The molecule has 2 saturated carbocycles. The second-order valence-electron chi connectivity index (χ2n) is 6.35. The van der Waals surface area contributed by atoms with Gasteiger partial charge in [-0.15, -0.1) is 0 Å². The lowest BCUT2D eigenvalue weighted by atomic mass is 9.68. The summed E-state index contributed by atoms with van der Waals surface area (Å²) in [6.45, 7) is 1.86. The molecule has 106 valence electrons. The molecule has 2 aliphatic carbocycles. The fourth-order valence-electron chi connectivity index (χ4n) is 4.03. The Balaban J connectivity index is 2.03. The topological polar surface area (TPSA) is 60.0 Å². The molecule has 0 aliphatic heterocycles. The third-order valence-corrected chi connectivity index (χ3v) is 5.29. The molecule has 1 N–H and O–H groups in total. The summed E-state index contributed by atoms with van der Waals surface area (Å²) in [5, 5.41) is 14.4. The molecule has 3 rings (SSSR count). The van der Waals surface area contributed by atoms with E-state index >= 15 is 0 Å². The summed E-state index contributed by atoms with van der Waals surface area (Å²) < 4.78 is 3.26. The third-order valence-electron chi connectivity index (χ3n) is 5.29. The second-order valence-corrected chi connectivity index (χ2v) is 6.35. The molecule has 0 aromatic carbocycles. The predicted octanol–water partition coefficient (Wildman–Crippen LogP) is 1.54. The second kappa shape index (κ2) is 4.47. The molecular weight excluding hydrogens is 242 g/mol. The quantitative estimate of drug-likeness (QED) is 0.838. The summed E-state index contributed by atoms with van der Waals surface area (Å²) in [5.41, 5.74) is 0.159. The first kappa shape index (κ1) is 12.9. The van der Waals surface area contributed by atoms with E-state index in [0.29, 0.717) is 6.42 Å². The van der Waals surface area contributed by atoms with Crippen LogP contribution in [0.2, 0.25) is 0 Å². The third kappa shape index (κ3) is 1.95. The lowest BCUT2D eigenvalue weighted by Crippen LogP contribution is -2.42. The summed E-state index contributed by atoms with van der Waals surface area (Å²) in [5.74, 6) is 0.748. The van der Waals surface area contributed by atoms with Gasteiger partial charge in [-0.05, 0) is 44.4 Å². The predicted molar refractivity (Wildman–Crippen MR) is 72.0 cm³/mol. The van der Waals surface area contributed by atoms with Gasteiger partial charge in [0.05, 0.1) is 12.1 Å². The number of aryl methyl sites for hydroxylation is 1. The van der Waals surface area contributed by atoms with Crippen LogP contribution in [0.15, 0.2) is 4.79 Å². The zero-order chi connectivity index (χ0) is 13.6. The van der Waals surface area contributed by atoms with Gasteiger partial charge in [-0.3, -0.25) is 4.57 Å². The van der Waals surface area contributed by atoms with Crippen molar-refractivity contribution < 1.29 is 5.11 Å². The maximum absolute atomic E-state index is 12.3. The zero-order valence-corrected chi connectivity index (χ0v) is 11.8. The van der Waals surface area contributed by atoms with Crippen LogP contribution >= 0.6 is 0 Å². The highest BCUT2D eigenvalue weighted by molar-refractivity contribution is 4.99. The SMILES string of the molecule is Cc1nn(C2CC(O)CCC23CCCC3)c(=O)n1C. The molecule has 19 heavy (non-hydrogen) atoms. The van der Waals surface area contributed by atoms with Crippen molar-refractivity contribution in [3.63, 3.8) is 0 Å². The van der Waals surface area contributed by atoms with Gasteiger partial charge in [0.2, 0.25) is 0 Å². The minimum atomic E-state index is -0.287. The van der Waals surface area contributed by atoms with Gasteiger partial charge < -0.3 is 5.11 Å². The van der Waals surface area contributed by atoms with Crippen LogP contribution in [0.5, 0.6) is 0 Å². The normalized spacial score (nSPS) is 30.1. The van der Waals surface area contributed by atoms with E-state index in [1.807, 2.05) is 6.92 Å². The first-order valence-electron chi connectivity index (χ1n) is 7.34. The number of hydrogen-bond donors (Lipinski definition) is 1. The summed E-state index contributed by atoms with van der Waals surface area (Å²) in [6.07, 6.45) is 7.12. The Morgan fingerprint density at radius 3 is 2.58 bits per heavy atom. The van der Waals surface area contributed by atoms with Crippen molar-refractivity contribution in [1.82, 2.24) is 14.3 Å². The Labute approximate surface area is 113 Å². The number of aliphatic hydroxyl groups excluding tert-OH is 1. The van der Waals surface area contributed by atoms with E-state index in [4.69, 9.17) is 0 Å². The average molecular weight is 265 g/mol. The van der Waals surface area contributed by atoms with Crippen LogP contribution in [-0.2, 0) is 7.05 Å². The number of nitrogens with zero attached hydrogens (tertiary/aromatic N) is 3. The molecule has 0 amide bonds. The highest BCUT2D eigenvalue weighted by Gasteiger charge is 2.47. The van der Waals surface area contributed by atoms with Gasteiger partial charge >= 0.3 is 5.69 Å². The van der Waals surface area contributed by atoms with E-state index in [1.165, 1.54) is 25.7 Å². The standard InChI is InChI=1S/C14H23N3O2/c1-10-15-17(13(19)16(10)2)12-9-11(18)5-8-14(12)6-3-4-7-14/h11-12,18H,3-9H2,1-2H3. The largest absolute Gasteiger partial charge is 0.393 e. The molecule has 1 spiro atoms. The van der Waals surface area contributed by atoms with Crippen molar-refractivity contribution in [3.8, 4) is 0 Å². The van der Waals surface area contributed by atoms with Crippen molar-refractivity contribution in [2.24, 2.45) is 12.5 Å². The highest BCUT2D eigenvalue weighted by atomic mass is 16.3. The summed E-state index contributed by atoms with van der Waals surface area (Å²) in [7, 11) is 1.77. The summed E-state index contributed by atoms with van der Waals surface area (Å²) in [6, 6.07) is 0.0751. The van der Waals surface area contributed by atoms with Gasteiger partial charge in [0.15, 0.2) is 0 Å². The van der Waals surface area contributed by atoms with Gasteiger partial charge in [0.25, 0.3) is 0 Å². The van der Waals surface area contributed by atoms with Crippen LogP contribution in [0, 0.1) is 12.3 Å². The molecule has 2 fully saturated rings. The van der Waals surface area contributed by atoms with E-state index in [0.717, 1.165) is 18.7 Å². The van der Waals surface area contributed by atoms with Crippen molar-refractivity contribution in [2.75, 3.05) is 0 Å². The lowest BCUT2D eigenvalue weighted by Gasteiger charge is -2.42. The molecule has 0 saturated heterocycles. The maximum atomic E-state index is 12.3. The molecule has 0 radical (unpaired) electrons. The Kier molecular flexibility index (Phi) is 3.04. The van der Waals surface area contributed by atoms with E-state index in [9.17, 15) is 9.90 Å². The Morgan fingerprint density at radius 2 is 2.00 bits per heavy atom. The van der Waals surface area contributed by atoms with Gasteiger partial charge in [-0.1, -0.05) is 12.8 Å². The molecule has 2 atom stereocenters. The van der Waals surface area contributed by atoms with Gasteiger partial charge in [0.1, 0.15) is 5.82 Å². The van der Waals surface area contributed by atoms with Crippen LogP contribution < -0.4 is 5.69 Å². The maximum Gasteiger partial charge on any atom is 0.345 e. The Bertz CT molecular complexity index is 525. The van der Waals surface area contributed by atoms with Crippen LogP contribution in [0.4, 0.5) is 0 Å². The van der Waals surface area contributed by atoms with Crippen LogP contribution in [0.25, 0.3) is 0 Å². The fourth-order valence-corrected chi connectivity index (χ4v) is 4.03. The molecule has 2 aliphatic rings. The first-order chi connectivity index (χ1) is 9.03. The molecule has 1 aromatic heterocycles. The van der Waals surface area contributed by atoms with Crippen molar-refractivity contribution in [2.45, 2.75) is 64.0 Å². The lowest BCUT2D eigenvalue weighted by molar-refractivity contribution is 0.0106.